The molecule has 2 heteroatoms. The molecule has 0 radical (unpaired) electrons. The van der Waals surface area contributed by atoms with Gasteiger partial charge in [-0.3, -0.25) is 5.32 Å². The lowest BCUT2D eigenvalue weighted by atomic mass is 10.1. The fraction of sp³-hybridized carbons (Fsp3) is 0.750. The summed E-state index contributed by atoms with van der Waals surface area (Å²) < 4.78 is 0. The highest BCUT2D eigenvalue weighted by Gasteiger charge is 2.28. The Labute approximate surface area is 62.6 Å². The van der Waals surface area contributed by atoms with E-state index in [2.05, 4.69) is 45.2 Å². The monoisotopic (exact) mass is 143 g/mol. The van der Waals surface area contributed by atoms with Crippen LogP contribution in [0.3, 0.4) is 0 Å². The Morgan fingerprint density at radius 1 is 0.900 bits per heavy atom. The average molecular weight is 143 g/mol. The second kappa shape index (κ2) is 2.36. The summed E-state index contributed by atoms with van der Waals surface area (Å²) in [6, 6.07) is 0. The molecule has 0 aromatic carbocycles. The first kappa shape index (κ1) is 9.66. The van der Waals surface area contributed by atoms with Gasteiger partial charge in [0.2, 0.25) is 0 Å². The highest BCUT2D eigenvalue weighted by atomic mass is 16.0. The van der Waals surface area contributed by atoms with Crippen LogP contribution in [0.25, 0.3) is 0 Å². The third-order valence-electron chi connectivity index (χ3n) is 1.56. The molecule has 1 aliphatic heterocycles. The summed E-state index contributed by atoms with van der Waals surface area (Å²) in [5.41, 5.74) is 0.396. The van der Waals surface area contributed by atoms with Crippen LogP contribution >= 0.6 is 0 Å². The quantitative estimate of drug-likeness (QED) is 0.502. The Morgan fingerprint density at radius 3 is 1.30 bits per heavy atom. The molecule has 2 nitrogen and oxygen atoms in total. The number of rotatable bonds is 0. The maximum absolute atomic E-state index is 3.46. The first-order valence-corrected chi connectivity index (χ1v) is 3.41. The van der Waals surface area contributed by atoms with Gasteiger partial charge in [-0.25, -0.2) is 0 Å². The van der Waals surface area contributed by atoms with Crippen LogP contribution in [-0.4, -0.2) is 16.6 Å². The maximum Gasteiger partial charge on any atom is 0.0315 e. The molecule has 0 fully saturated rings. The molecule has 1 rings (SSSR count). The van der Waals surface area contributed by atoms with Crippen molar-refractivity contribution >= 4 is 0 Å². The zero-order valence-corrected chi connectivity index (χ0v) is 7.15. The van der Waals surface area contributed by atoms with Gasteiger partial charge >= 0.3 is 0 Å². The summed E-state index contributed by atoms with van der Waals surface area (Å²) in [6.07, 6.45) is 4.43. The van der Waals surface area contributed by atoms with Crippen molar-refractivity contribution in [3.63, 3.8) is 0 Å². The first-order valence-electron chi connectivity index (χ1n) is 3.41. The van der Waals surface area contributed by atoms with Crippen molar-refractivity contribution < 1.29 is 5.48 Å². The van der Waals surface area contributed by atoms with E-state index in [0.29, 0.717) is 0 Å². The smallest absolute Gasteiger partial charge is 0.0315 e. The summed E-state index contributed by atoms with van der Waals surface area (Å²) in [7, 11) is 0. The molecule has 0 saturated heterocycles. The second-order valence-corrected chi connectivity index (χ2v) is 3.90. The summed E-state index contributed by atoms with van der Waals surface area (Å²) in [5.74, 6) is 0. The molecule has 1 heterocycles. The Hall–Kier alpha value is -0.340. The van der Waals surface area contributed by atoms with E-state index < -0.39 is 0 Å². The van der Waals surface area contributed by atoms with E-state index in [-0.39, 0.29) is 16.6 Å². The van der Waals surface area contributed by atoms with E-state index in [1.54, 1.807) is 0 Å². The lowest BCUT2D eigenvalue weighted by Gasteiger charge is -2.25. The summed E-state index contributed by atoms with van der Waals surface area (Å²) in [5, 5.41) is 3.46. The van der Waals surface area contributed by atoms with Crippen LogP contribution < -0.4 is 5.32 Å². The van der Waals surface area contributed by atoms with Gasteiger partial charge in [-0.1, -0.05) is 12.2 Å². The van der Waals surface area contributed by atoms with Gasteiger partial charge in [0.15, 0.2) is 0 Å². The van der Waals surface area contributed by atoms with Gasteiger partial charge in [0.25, 0.3) is 0 Å². The largest absolute Gasteiger partial charge is 0.412 e. The fourth-order valence-corrected chi connectivity index (χ4v) is 1.33. The van der Waals surface area contributed by atoms with Gasteiger partial charge in [-0.2, -0.15) is 0 Å². The number of hydrogen-bond acceptors (Lipinski definition) is 1. The highest BCUT2D eigenvalue weighted by Crippen LogP contribution is 2.21. The zero-order valence-electron chi connectivity index (χ0n) is 7.15. The molecule has 0 aromatic rings. The summed E-state index contributed by atoms with van der Waals surface area (Å²) in [4.78, 5) is 0. The van der Waals surface area contributed by atoms with E-state index >= 15 is 0 Å². The van der Waals surface area contributed by atoms with E-state index in [0.717, 1.165) is 0 Å². The Balaban J connectivity index is 0.000000810. The van der Waals surface area contributed by atoms with E-state index in [1.165, 1.54) is 0 Å². The van der Waals surface area contributed by atoms with Crippen molar-refractivity contribution in [2.24, 2.45) is 0 Å². The Bertz CT molecular complexity index is 131. The van der Waals surface area contributed by atoms with Gasteiger partial charge < -0.3 is 5.48 Å². The fourth-order valence-electron chi connectivity index (χ4n) is 1.33. The molecule has 0 spiro atoms. The molecule has 0 atom stereocenters. The molecular formula is C8H17NO. The molecule has 60 valence electrons. The van der Waals surface area contributed by atoms with Crippen molar-refractivity contribution in [1.82, 2.24) is 5.32 Å². The van der Waals surface area contributed by atoms with Crippen molar-refractivity contribution in [1.29, 1.82) is 0 Å². The van der Waals surface area contributed by atoms with Crippen molar-refractivity contribution in [2.75, 3.05) is 0 Å². The van der Waals surface area contributed by atoms with Crippen LogP contribution in [0.15, 0.2) is 12.2 Å². The van der Waals surface area contributed by atoms with Gasteiger partial charge in [0.1, 0.15) is 0 Å². The topological polar surface area (TPSA) is 43.5 Å². The van der Waals surface area contributed by atoms with Crippen molar-refractivity contribution in [3.05, 3.63) is 12.2 Å². The van der Waals surface area contributed by atoms with Crippen LogP contribution in [0, 0.1) is 0 Å². The van der Waals surface area contributed by atoms with Gasteiger partial charge in [-0.15, -0.1) is 0 Å². The standard InChI is InChI=1S/C8H15N.H2O/c1-7(2)5-6-8(3,4)9-7;/h5-6,9H,1-4H3;1H2. The highest BCUT2D eigenvalue weighted by molar-refractivity contribution is 5.19. The predicted molar refractivity (Wildman–Crippen MR) is 44.0 cm³/mol. The van der Waals surface area contributed by atoms with Crippen LogP contribution in [0.2, 0.25) is 0 Å². The van der Waals surface area contributed by atoms with Crippen LogP contribution in [0.4, 0.5) is 0 Å². The van der Waals surface area contributed by atoms with Crippen LogP contribution in [0.5, 0.6) is 0 Å². The molecule has 1 aliphatic rings. The normalized spacial score (nSPS) is 26.0. The Kier molecular flexibility index (Phi) is 2.28. The van der Waals surface area contributed by atoms with E-state index in [4.69, 9.17) is 0 Å². The lowest BCUT2D eigenvalue weighted by molar-refractivity contribution is 0.397. The molecule has 10 heavy (non-hydrogen) atoms. The number of hydrogen-bond donors (Lipinski definition) is 1. The van der Waals surface area contributed by atoms with Crippen LogP contribution in [0.1, 0.15) is 27.7 Å². The van der Waals surface area contributed by atoms with E-state index in [1.807, 2.05) is 0 Å². The first-order chi connectivity index (χ1) is 3.91. The predicted octanol–water partition coefficient (Wildman–Crippen LogP) is 0.878. The zero-order chi connectivity index (χ0) is 7.12. The van der Waals surface area contributed by atoms with E-state index in [9.17, 15) is 0 Å². The van der Waals surface area contributed by atoms with Crippen molar-refractivity contribution in [2.45, 2.75) is 38.8 Å². The lowest BCUT2D eigenvalue weighted by Crippen LogP contribution is -2.44. The van der Waals surface area contributed by atoms with Gasteiger partial charge in [-0.05, 0) is 27.7 Å². The average Bonchev–Trinajstić information content (AvgIpc) is 1.78. The molecule has 0 bridgehead atoms. The number of nitrogens with one attached hydrogen (secondary N) is 1. The Morgan fingerprint density at radius 2 is 1.20 bits per heavy atom. The van der Waals surface area contributed by atoms with Crippen LogP contribution in [-0.2, 0) is 0 Å². The SMILES string of the molecule is CC1(C)C=CC(C)(C)N1.O. The summed E-state index contributed by atoms with van der Waals surface area (Å²) >= 11 is 0. The maximum atomic E-state index is 3.46. The van der Waals surface area contributed by atoms with Crippen molar-refractivity contribution in [3.8, 4) is 0 Å². The third-order valence-corrected chi connectivity index (χ3v) is 1.56. The minimum Gasteiger partial charge on any atom is -0.412 e. The minimum absolute atomic E-state index is 0. The molecule has 0 unspecified atom stereocenters. The second-order valence-electron chi connectivity index (χ2n) is 3.90. The minimum atomic E-state index is 0. The van der Waals surface area contributed by atoms with Gasteiger partial charge in [0.05, 0.1) is 0 Å². The molecule has 0 aliphatic carbocycles. The molecule has 0 amide bonds. The summed E-state index contributed by atoms with van der Waals surface area (Å²) in [6.45, 7) is 8.72. The van der Waals surface area contributed by atoms with Gasteiger partial charge in [0, 0.05) is 11.1 Å². The third kappa shape index (κ3) is 2.12. The molecule has 3 N–H and O–H groups in total. The molecule has 0 saturated carbocycles. The molecule has 0 aromatic heterocycles. The molecular weight excluding hydrogens is 126 g/mol.